The number of ketones is 1. The average molecular weight is 207 g/mol. The highest BCUT2D eigenvalue weighted by molar-refractivity contribution is 5.97. The highest BCUT2D eigenvalue weighted by Gasteiger charge is 2.08. The second kappa shape index (κ2) is 5.63. The van der Waals surface area contributed by atoms with E-state index in [1.807, 2.05) is 19.1 Å². The number of aliphatic hydroxyl groups excluding tert-OH is 1. The van der Waals surface area contributed by atoms with E-state index in [2.05, 4.69) is 0 Å². The molecule has 0 amide bonds. The fraction of sp³-hybridized carbons (Fsp3) is 0.417. The first kappa shape index (κ1) is 11.9. The lowest BCUT2D eigenvalue weighted by molar-refractivity contribution is 0.0987. The third kappa shape index (κ3) is 2.88. The topological polar surface area (TPSA) is 63.3 Å². The van der Waals surface area contributed by atoms with E-state index in [1.54, 1.807) is 6.07 Å². The molecule has 3 heteroatoms. The minimum absolute atomic E-state index is 0.116. The number of benzene rings is 1. The summed E-state index contributed by atoms with van der Waals surface area (Å²) < 4.78 is 0. The van der Waals surface area contributed by atoms with Crippen molar-refractivity contribution in [2.75, 3.05) is 6.61 Å². The molecule has 3 nitrogen and oxygen atoms in total. The van der Waals surface area contributed by atoms with E-state index in [0.29, 0.717) is 24.9 Å². The number of rotatable bonds is 5. The normalized spacial score (nSPS) is 10.3. The maximum atomic E-state index is 11.6. The fourth-order valence-electron chi connectivity index (χ4n) is 1.56. The second-order valence-electron chi connectivity index (χ2n) is 3.45. The molecule has 1 rings (SSSR count). The van der Waals surface area contributed by atoms with Crippen LogP contribution in [0.3, 0.4) is 0 Å². The van der Waals surface area contributed by atoms with Crippen molar-refractivity contribution in [1.82, 2.24) is 0 Å². The molecular formula is C12H17NO2. The zero-order chi connectivity index (χ0) is 11.3. The first-order valence-corrected chi connectivity index (χ1v) is 5.18. The van der Waals surface area contributed by atoms with Gasteiger partial charge in [0.1, 0.15) is 0 Å². The van der Waals surface area contributed by atoms with Crippen LogP contribution in [-0.4, -0.2) is 17.5 Å². The summed E-state index contributed by atoms with van der Waals surface area (Å²) in [6.07, 6.45) is 1.10. The van der Waals surface area contributed by atoms with E-state index in [0.717, 1.165) is 11.1 Å². The van der Waals surface area contributed by atoms with Gasteiger partial charge in [0.2, 0.25) is 0 Å². The monoisotopic (exact) mass is 207 g/mol. The van der Waals surface area contributed by atoms with Crippen molar-refractivity contribution in [1.29, 1.82) is 0 Å². The number of aliphatic hydroxyl groups is 1. The van der Waals surface area contributed by atoms with Gasteiger partial charge < -0.3 is 10.8 Å². The van der Waals surface area contributed by atoms with Gasteiger partial charge in [-0.25, -0.2) is 0 Å². The molecule has 0 spiro atoms. The molecule has 3 N–H and O–H groups in total. The van der Waals surface area contributed by atoms with Crippen LogP contribution in [0.5, 0.6) is 0 Å². The first-order chi connectivity index (χ1) is 7.22. The van der Waals surface area contributed by atoms with Crippen molar-refractivity contribution in [3.05, 3.63) is 34.9 Å². The highest BCUT2D eigenvalue weighted by Crippen LogP contribution is 2.14. The van der Waals surface area contributed by atoms with Crippen LogP contribution in [0.4, 0.5) is 0 Å². The molecule has 0 aliphatic heterocycles. The number of carbonyl (C=O) groups excluding carboxylic acids is 1. The van der Waals surface area contributed by atoms with E-state index in [4.69, 9.17) is 10.8 Å². The summed E-state index contributed by atoms with van der Waals surface area (Å²) in [5.74, 6) is 0.117. The predicted molar refractivity (Wildman–Crippen MR) is 59.7 cm³/mol. The molecule has 15 heavy (non-hydrogen) atoms. The Balaban J connectivity index is 3.03. The molecule has 1 aromatic carbocycles. The zero-order valence-electron chi connectivity index (χ0n) is 8.99. The highest BCUT2D eigenvalue weighted by atomic mass is 16.2. The number of hydrogen-bond donors (Lipinski definition) is 2. The molecule has 0 aromatic heterocycles. The van der Waals surface area contributed by atoms with Crippen molar-refractivity contribution < 1.29 is 9.90 Å². The molecule has 82 valence electrons. The van der Waals surface area contributed by atoms with Crippen LogP contribution in [0.1, 0.15) is 34.8 Å². The molecule has 0 saturated carbocycles. The third-order valence-corrected chi connectivity index (χ3v) is 2.41. The minimum atomic E-state index is 0.116. The Bertz CT molecular complexity index is 347. The van der Waals surface area contributed by atoms with Crippen molar-refractivity contribution in [3.8, 4) is 0 Å². The van der Waals surface area contributed by atoms with Gasteiger partial charge >= 0.3 is 0 Å². The first-order valence-electron chi connectivity index (χ1n) is 5.18. The van der Waals surface area contributed by atoms with Crippen molar-refractivity contribution in [2.24, 2.45) is 5.73 Å². The third-order valence-electron chi connectivity index (χ3n) is 2.41. The van der Waals surface area contributed by atoms with Crippen LogP contribution < -0.4 is 5.73 Å². The molecule has 0 bridgehead atoms. The Hall–Kier alpha value is -1.19. The van der Waals surface area contributed by atoms with Crippen molar-refractivity contribution in [3.63, 3.8) is 0 Å². The second-order valence-corrected chi connectivity index (χ2v) is 3.45. The summed E-state index contributed by atoms with van der Waals surface area (Å²) in [7, 11) is 0. The Morgan fingerprint density at radius 1 is 1.47 bits per heavy atom. The van der Waals surface area contributed by atoms with Gasteiger partial charge in [-0.15, -0.1) is 0 Å². The molecule has 0 heterocycles. The molecule has 0 fully saturated rings. The van der Waals surface area contributed by atoms with Gasteiger partial charge in [0.25, 0.3) is 0 Å². The summed E-state index contributed by atoms with van der Waals surface area (Å²) in [5.41, 5.74) is 8.19. The van der Waals surface area contributed by atoms with E-state index >= 15 is 0 Å². The van der Waals surface area contributed by atoms with Crippen molar-refractivity contribution >= 4 is 5.78 Å². The Kier molecular flexibility index (Phi) is 4.46. The van der Waals surface area contributed by atoms with Crippen LogP contribution in [0.2, 0.25) is 0 Å². The van der Waals surface area contributed by atoms with Gasteiger partial charge in [0.05, 0.1) is 0 Å². The van der Waals surface area contributed by atoms with Gasteiger partial charge in [0, 0.05) is 25.1 Å². The maximum absolute atomic E-state index is 11.6. The Morgan fingerprint density at radius 2 is 2.20 bits per heavy atom. The number of carbonyl (C=O) groups is 1. The van der Waals surface area contributed by atoms with Crippen molar-refractivity contribution in [2.45, 2.75) is 26.3 Å². The summed E-state index contributed by atoms with van der Waals surface area (Å²) in [6, 6.07) is 5.58. The minimum Gasteiger partial charge on any atom is -0.396 e. The molecule has 0 atom stereocenters. The lowest BCUT2D eigenvalue weighted by Gasteiger charge is -2.08. The molecule has 0 saturated heterocycles. The Morgan fingerprint density at radius 3 is 2.73 bits per heavy atom. The fourth-order valence-corrected chi connectivity index (χ4v) is 1.56. The molecular weight excluding hydrogens is 190 g/mol. The van der Waals surface area contributed by atoms with Crippen LogP contribution in [-0.2, 0) is 13.0 Å². The van der Waals surface area contributed by atoms with Gasteiger partial charge in [0.15, 0.2) is 5.78 Å². The SMILES string of the molecule is CCC(=O)c1ccc(CCO)cc1CN. The van der Waals surface area contributed by atoms with Crippen LogP contribution in [0, 0.1) is 0 Å². The lowest BCUT2D eigenvalue weighted by atomic mass is 9.98. The molecule has 1 aromatic rings. The van der Waals surface area contributed by atoms with Gasteiger partial charge in [-0.05, 0) is 17.5 Å². The molecule has 0 aliphatic rings. The van der Waals surface area contributed by atoms with E-state index in [-0.39, 0.29) is 12.4 Å². The van der Waals surface area contributed by atoms with E-state index < -0.39 is 0 Å². The average Bonchev–Trinajstić information content (AvgIpc) is 2.28. The van der Waals surface area contributed by atoms with Gasteiger partial charge in [-0.3, -0.25) is 4.79 Å². The van der Waals surface area contributed by atoms with Crippen LogP contribution >= 0.6 is 0 Å². The van der Waals surface area contributed by atoms with E-state index in [1.165, 1.54) is 0 Å². The zero-order valence-corrected chi connectivity index (χ0v) is 8.99. The number of Topliss-reactive ketones (excluding diaryl/α,β-unsaturated/α-hetero) is 1. The van der Waals surface area contributed by atoms with Gasteiger partial charge in [-0.2, -0.15) is 0 Å². The van der Waals surface area contributed by atoms with Crippen LogP contribution in [0.25, 0.3) is 0 Å². The molecule has 0 radical (unpaired) electrons. The number of nitrogens with two attached hydrogens (primary N) is 1. The largest absolute Gasteiger partial charge is 0.396 e. The predicted octanol–water partition coefficient (Wildman–Crippen LogP) is 1.27. The maximum Gasteiger partial charge on any atom is 0.162 e. The summed E-state index contributed by atoms with van der Waals surface area (Å²) >= 11 is 0. The number of hydrogen-bond acceptors (Lipinski definition) is 3. The molecule has 0 aliphatic carbocycles. The van der Waals surface area contributed by atoms with E-state index in [9.17, 15) is 4.79 Å². The standard InChI is InChI=1S/C12H17NO2/c1-2-12(15)11-4-3-9(5-6-14)7-10(11)8-13/h3-4,7,14H,2,5-6,8,13H2,1H3. The smallest absolute Gasteiger partial charge is 0.162 e. The van der Waals surface area contributed by atoms with Crippen LogP contribution in [0.15, 0.2) is 18.2 Å². The summed E-state index contributed by atoms with van der Waals surface area (Å²) in [4.78, 5) is 11.6. The van der Waals surface area contributed by atoms with Gasteiger partial charge in [-0.1, -0.05) is 25.1 Å². The quantitative estimate of drug-likeness (QED) is 0.715. The summed E-state index contributed by atoms with van der Waals surface area (Å²) in [6.45, 7) is 2.32. The Labute approximate surface area is 89.9 Å². The molecule has 0 unspecified atom stereocenters. The lowest BCUT2D eigenvalue weighted by Crippen LogP contribution is -2.08. The summed E-state index contributed by atoms with van der Waals surface area (Å²) in [5, 5.41) is 8.81.